The monoisotopic (exact) mass is 379 g/mol. The molecule has 19 heavy (non-hydrogen) atoms. The Morgan fingerprint density at radius 2 is 1.95 bits per heavy atom. The third-order valence-corrected chi connectivity index (χ3v) is 6.39. The van der Waals surface area contributed by atoms with Gasteiger partial charge in [0.1, 0.15) is 4.21 Å². The lowest BCUT2D eigenvalue weighted by Crippen LogP contribution is -2.12. The van der Waals surface area contributed by atoms with Gasteiger partial charge in [0.05, 0.1) is 5.69 Å². The minimum absolute atomic E-state index is 0.286. The van der Waals surface area contributed by atoms with Gasteiger partial charge in [0, 0.05) is 14.4 Å². The minimum Gasteiger partial charge on any atom is -0.278 e. The normalized spacial score (nSPS) is 11.6. The van der Waals surface area contributed by atoms with Gasteiger partial charge in [-0.15, -0.1) is 11.3 Å². The topological polar surface area (TPSA) is 46.2 Å². The molecule has 1 aromatic carbocycles. The Morgan fingerprint density at radius 1 is 1.26 bits per heavy atom. The Balaban J connectivity index is 2.38. The predicted octanol–water partition coefficient (Wildman–Crippen LogP) is 4.58. The fourth-order valence-electron chi connectivity index (χ4n) is 1.48. The third-order valence-electron chi connectivity index (χ3n) is 2.47. The lowest BCUT2D eigenvalue weighted by Gasteiger charge is -2.10. The number of rotatable bonds is 3. The first-order valence-electron chi connectivity index (χ1n) is 5.34. The lowest BCUT2D eigenvalue weighted by atomic mass is 10.2. The standard InChI is InChI=1S/C12H11BrClNO2S2/c1-7-5-9(13)11(6-10(7)14)15-19(16,17)12-4-3-8(2)18-12/h3-6,15H,1-2H3. The van der Waals surface area contributed by atoms with Crippen LogP contribution in [0.5, 0.6) is 0 Å². The van der Waals surface area contributed by atoms with Gasteiger partial charge in [-0.3, -0.25) is 4.72 Å². The summed E-state index contributed by atoms with van der Waals surface area (Å²) in [5, 5.41) is 0.517. The molecule has 0 saturated heterocycles. The van der Waals surface area contributed by atoms with E-state index >= 15 is 0 Å². The van der Waals surface area contributed by atoms with Crippen molar-refractivity contribution in [3.8, 4) is 0 Å². The number of aryl methyl sites for hydroxylation is 2. The molecule has 1 N–H and O–H groups in total. The van der Waals surface area contributed by atoms with Crippen LogP contribution in [0.25, 0.3) is 0 Å². The summed E-state index contributed by atoms with van der Waals surface area (Å²) in [5.74, 6) is 0. The van der Waals surface area contributed by atoms with Crippen LogP contribution in [-0.2, 0) is 10.0 Å². The van der Waals surface area contributed by atoms with Gasteiger partial charge in [-0.1, -0.05) is 11.6 Å². The van der Waals surface area contributed by atoms with Crippen LogP contribution in [0.3, 0.4) is 0 Å². The number of hydrogen-bond acceptors (Lipinski definition) is 3. The number of anilines is 1. The number of halogens is 2. The minimum atomic E-state index is -3.56. The SMILES string of the molecule is Cc1ccc(S(=O)(=O)Nc2cc(Cl)c(C)cc2Br)s1. The van der Waals surface area contributed by atoms with E-state index in [1.54, 1.807) is 24.3 Å². The number of benzene rings is 1. The first-order valence-corrected chi connectivity index (χ1v) is 8.81. The molecule has 0 spiro atoms. The summed E-state index contributed by atoms with van der Waals surface area (Å²) in [6.45, 7) is 3.72. The Morgan fingerprint density at radius 3 is 2.53 bits per heavy atom. The van der Waals surface area contributed by atoms with E-state index in [0.717, 1.165) is 10.4 Å². The van der Waals surface area contributed by atoms with Gasteiger partial charge in [-0.05, 0) is 59.6 Å². The van der Waals surface area contributed by atoms with Crippen LogP contribution in [0.4, 0.5) is 5.69 Å². The van der Waals surface area contributed by atoms with Crippen molar-refractivity contribution in [3.05, 3.63) is 44.2 Å². The molecular formula is C12H11BrClNO2S2. The molecule has 7 heteroatoms. The van der Waals surface area contributed by atoms with E-state index in [4.69, 9.17) is 11.6 Å². The Hall–Kier alpha value is -0.560. The van der Waals surface area contributed by atoms with Gasteiger partial charge >= 0.3 is 0 Å². The molecule has 0 fully saturated rings. The van der Waals surface area contributed by atoms with E-state index in [1.807, 2.05) is 13.8 Å². The van der Waals surface area contributed by atoms with Crippen LogP contribution < -0.4 is 4.72 Å². The molecule has 102 valence electrons. The van der Waals surface area contributed by atoms with Crippen molar-refractivity contribution < 1.29 is 8.42 Å². The van der Waals surface area contributed by atoms with Gasteiger partial charge in [0.2, 0.25) is 0 Å². The molecule has 2 aromatic rings. The van der Waals surface area contributed by atoms with Crippen molar-refractivity contribution in [2.75, 3.05) is 4.72 Å². The van der Waals surface area contributed by atoms with Crippen LogP contribution in [0.1, 0.15) is 10.4 Å². The second kappa shape index (κ2) is 5.44. The maximum Gasteiger partial charge on any atom is 0.271 e. The van der Waals surface area contributed by atoms with Crippen LogP contribution in [0.2, 0.25) is 5.02 Å². The largest absolute Gasteiger partial charge is 0.278 e. The number of nitrogens with one attached hydrogen (secondary N) is 1. The Bertz CT molecular complexity index is 725. The molecule has 0 aliphatic carbocycles. The van der Waals surface area contributed by atoms with Crippen LogP contribution >= 0.6 is 38.9 Å². The van der Waals surface area contributed by atoms with Crippen molar-refractivity contribution in [2.45, 2.75) is 18.1 Å². The van der Waals surface area contributed by atoms with Crippen molar-refractivity contribution in [3.63, 3.8) is 0 Å². The average Bonchev–Trinajstić information content (AvgIpc) is 2.73. The number of hydrogen-bond donors (Lipinski definition) is 1. The van der Waals surface area contributed by atoms with E-state index in [-0.39, 0.29) is 4.21 Å². The van der Waals surface area contributed by atoms with E-state index < -0.39 is 10.0 Å². The van der Waals surface area contributed by atoms with Crippen molar-refractivity contribution in [1.82, 2.24) is 0 Å². The van der Waals surface area contributed by atoms with Crippen molar-refractivity contribution in [2.24, 2.45) is 0 Å². The highest BCUT2D eigenvalue weighted by molar-refractivity contribution is 9.10. The first kappa shape index (κ1) is 14.8. The first-order chi connectivity index (χ1) is 8.79. The van der Waals surface area contributed by atoms with Gasteiger partial charge in [0.25, 0.3) is 10.0 Å². The molecule has 1 heterocycles. The molecule has 0 bridgehead atoms. The zero-order valence-electron chi connectivity index (χ0n) is 10.2. The fraction of sp³-hybridized carbons (Fsp3) is 0.167. The molecule has 2 rings (SSSR count). The highest BCUT2D eigenvalue weighted by Crippen LogP contribution is 2.31. The van der Waals surface area contributed by atoms with E-state index in [0.29, 0.717) is 15.2 Å². The van der Waals surface area contributed by atoms with Crippen LogP contribution in [-0.4, -0.2) is 8.42 Å². The summed E-state index contributed by atoms with van der Waals surface area (Å²) < 4.78 is 27.9. The molecular weight excluding hydrogens is 370 g/mol. The number of sulfonamides is 1. The second-order valence-electron chi connectivity index (χ2n) is 4.05. The molecule has 0 aliphatic heterocycles. The average molecular weight is 381 g/mol. The molecule has 0 aliphatic rings. The number of thiophene rings is 1. The molecule has 1 aromatic heterocycles. The molecule has 0 unspecified atom stereocenters. The zero-order chi connectivity index (χ0) is 14.2. The summed E-state index contributed by atoms with van der Waals surface area (Å²) in [6.07, 6.45) is 0. The molecule has 3 nitrogen and oxygen atoms in total. The van der Waals surface area contributed by atoms with Crippen molar-refractivity contribution >= 4 is 54.6 Å². The molecule has 0 radical (unpaired) electrons. The maximum absolute atomic E-state index is 12.2. The summed E-state index contributed by atoms with van der Waals surface area (Å²) >= 11 is 10.6. The lowest BCUT2D eigenvalue weighted by molar-refractivity contribution is 0.603. The summed E-state index contributed by atoms with van der Waals surface area (Å²) in [7, 11) is -3.56. The Kier molecular flexibility index (Phi) is 4.25. The second-order valence-corrected chi connectivity index (χ2v) is 8.51. The van der Waals surface area contributed by atoms with Gasteiger partial charge in [-0.2, -0.15) is 0 Å². The van der Waals surface area contributed by atoms with Gasteiger partial charge < -0.3 is 0 Å². The smallest absolute Gasteiger partial charge is 0.271 e. The van der Waals surface area contributed by atoms with Crippen molar-refractivity contribution in [1.29, 1.82) is 0 Å². The quantitative estimate of drug-likeness (QED) is 0.847. The Labute approximate surface area is 129 Å². The summed E-state index contributed by atoms with van der Waals surface area (Å²) in [4.78, 5) is 0.946. The maximum atomic E-state index is 12.2. The predicted molar refractivity (Wildman–Crippen MR) is 83.8 cm³/mol. The van der Waals surface area contributed by atoms with E-state index in [1.165, 1.54) is 11.3 Å². The van der Waals surface area contributed by atoms with Gasteiger partial charge in [-0.25, -0.2) is 8.42 Å². The van der Waals surface area contributed by atoms with E-state index in [2.05, 4.69) is 20.7 Å². The zero-order valence-corrected chi connectivity index (χ0v) is 14.2. The van der Waals surface area contributed by atoms with E-state index in [9.17, 15) is 8.42 Å². The van der Waals surface area contributed by atoms with Crippen LogP contribution in [0, 0.1) is 13.8 Å². The summed E-state index contributed by atoms with van der Waals surface area (Å²) in [5.41, 5.74) is 1.31. The fourth-order valence-corrected chi connectivity index (χ4v) is 4.68. The van der Waals surface area contributed by atoms with Crippen LogP contribution in [0.15, 0.2) is 32.9 Å². The molecule has 0 amide bonds. The summed E-state index contributed by atoms with van der Waals surface area (Å²) in [6, 6.07) is 6.74. The highest BCUT2D eigenvalue weighted by Gasteiger charge is 2.18. The highest BCUT2D eigenvalue weighted by atomic mass is 79.9. The molecule has 0 atom stereocenters. The third kappa shape index (κ3) is 3.31. The molecule has 0 saturated carbocycles. The van der Waals surface area contributed by atoms with Gasteiger partial charge in [0.15, 0.2) is 0 Å².